The fraction of sp³-hybridized carbons (Fsp3) is 0.300. The number of anilines is 2. The third kappa shape index (κ3) is 3.14. The van der Waals surface area contributed by atoms with Gasteiger partial charge in [0, 0.05) is 37.4 Å². The first-order chi connectivity index (χ1) is 12.6. The summed E-state index contributed by atoms with van der Waals surface area (Å²) >= 11 is 0. The highest BCUT2D eigenvalue weighted by molar-refractivity contribution is 6.01. The first kappa shape index (κ1) is 16.6. The standard InChI is InChI=1S/C20H20FN3O2/c21-14-5-6-17-15(11-14)16(12-19(25)23-17)20(26)22-8-10-24-9-7-13-3-1-2-4-18(13)24/h1-6,11,16H,7-10,12H2,(H,22,26)(H,23,25). The molecule has 2 aliphatic heterocycles. The molecule has 6 heteroatoms. The highest BCUT2D eigenvalue weighted by atomic mass is 19.1. The maximum atomic E-state index is 13.6. The van der Waals surface area contributed by atoms with E-state index >= 15 is 0 Å². The quantitative estimate of drug-likeness (QED) is 0.887. The first-order valence-electron chi connectivity index (χ1n) is 8.81. The van der Waals surface area contributed by atoms with Gasteiger partial charge >= 0.3 is 0 Å². The van der Waals surface area contributed by atoms with Gasteiger partial charge in [0.25, 0.3) is 0 Å². The highest BCUT2D eigenvalue weighted by Gasteiger charge is 2.31. The second kappa shape index (κ2) is 6.78. The van der Waals surface area contributed by atoms with Gasteiger partial charge in [0.05, 0.1) is 5.92 Å². The molecule has 0 saturated heterocycles. The Kier molecular flexibility index (Phi) is 4.32. The van der Waals surface area contributed by atoms with E-state index < -0.39 is 11.7 Å². The third-order valence-electron chi connectivity index (χ3n) is 5.03. The molecule has 0 spiro atoms. The number of carbonyl (C=O) groups is 2. The van der Waals surface area contributed by atoms with Crippen molar-refractivity contribution in [3.63, 3.8) is 0 Å². The lowest BCUT2D eigenvalue weighted by Crippen LogP contribution is -2.39. The number of halogens is 1. The van der Waals surface area contributed by atoms with Gasteiger partial charge < -0.3 is 15.5 Å². The molecule has 0 aliphatic carbocycles. The van der Waals surface area contributed by atoms with Gasteiger partial charge in [0.1, 0.15) is 5.82 Å². The Labute approximate surface area is 151 Å². The van der Waals surface area contributed by atoms with Gasteiger partial charge in [0.2, 0.25) is 11.8 Å². The number of hydrogen-bond acceptors (Lipinski definition) is 3. The Hall–Kier alpha value is -2.89. The number of rotatable bonds is 4. The van der Waals surface area contributed by atoms with Crippen LogP contribution in [0.2, 0.25) is 0 Å². The molecule has 26 heavy (non-hydrogen) atoms. The summed E-state index contributed by atoms with van der Waals surface area (Å²) in [5.41, 5.74) is 3.59. The van der Waals surface area contributed by atoms with Crippen LogP contribution in [0, 0.1) is 5.82 Å². The summed E-state index contributed by atoms with van der Waals surface area (Å²) in [6, 6.07) is 12.4. The minimum absolute atomic E-state index is 0.0365. The summed E-state index contributed by atoms with van der Waals surface area (Å²) in [4.78, 5) is 26.7. The van der Waals surface area contributed by atoms with Gasteiger partial charge in [-0.1, -0.05) is 18.2 Å². The maximum absolute atomic E-state index is 13.6. The molecule has 2 aliphatic rings. The van der Waals surface area contributed by atoms with Crippen molar-refractivity contribution in [3.05, 3.63) is 59.4 Å². The summed E-state index contributed by atoms with van der Waals surface area (Å²) in [5.74, 6) is -1.52. The van der Waals surface area contributed by atoms with Gasteiger partial charge in [-0.2, -0.15) is 0 Å². The second-order valence-corrected chi connectivity index (χ2v) is 6.69. The number of amides is 2. The number of fused-ring (bicyclic) bond motifs is 2. The number of hydrogen-bond donors (Lipinski definition) is 2. The zero-order valence-corrected chi connectivity index (χ0v) is 14.3. The first-order valence-corrected chi connectivity index (χ1v) is 8.81. The van der Waals surface area contributed by atoms with Crippen molar-refractivity contribution in [1.29, 1.82) is 0 Å². The zero-order chi connectivity index (χ0) is 18.1. The Morgan fingerprint density at radius 1 is 1.27 bits per heavy atom. The molecule has 1 atom stereocenters. The minimum Gasteiger partial charge on any atom is -0.369 e. The van der Waals surface area contributed by atoms with Gasteiger partial charge in [-0.25, -0.2) is 4.39 Å². The summed E-state index contributed by atoms with van der Waals surface area (Å²) in [6.45, 7) is 2.13. The van der Waals surface area contributed by atoms with Gasteiger partial charge in [0.15, 0.2) is 0 Å². The molecule has 5 nitrogen and oxygen atoms in total. The third-order valence-corrected chi connectivity index (χ3v) is 5.03. The molecule has 2 N–H and O–H groups in total. The summed E-state index contributed by atoms with van der Waals surface area (Å²) in [6.07, 6.45) is 1.05. The van der Waals surface area contributed by atoms with Crippen LogP contribution in [-0.2, 0) is 16.0 Å². The number of para-hydroxylation sites is 1. The van der Waals surface area contributed by atoms with Crippen LogP contribution in [0.15, 0.2) is 42.5 Å². The fourth-order valence-corrected chi connectivity index (χ4v) is 3.74. The van der Waals surface area contributed by atoms with Crippen LogP contribution in [0.4, 0.5) is 15.8 Å². The van der Waals surface area contributed by atoms with Crippen LogP contribution in [0.25, 0.3) is 0 Å². The lowest BCUT2D eigenvalue weighted by atomic mass is 9.89. The molecule has 0 radical (unpaired) electrons. The molecule has 2 amide bonds. The Bertz CT molecular complexity index is 868. The molecule has 2 aromatic rings. The summed E-state index contributed by atoms with van der Waals surface area (Å²) < 4.78 is 13.6. The van der Waals surface area contributed by atoms with Crippen molar-refractivity contribution < 1.29 is 14.0 Å². The van der Waals surface area contributed by atoms with Crippen molar-refractivity contribution in [3.8, 4) is 0 Å². The van der Waals surface area contributed by atoms with Crippen LogP contribution in [-0.4, -0.2) is 31.4 Å². The molecule has 2 heterocycles. The molecule has 0 aromatic heterocycles. The highest BCUT2D eigenvalue weighted by Crippen LogP contribution is 2.33. The molecular weight excluding hydrogens is 333 g/mol. The zero-order valence-electron chi connectivity index (χ0n) is 14.3. The molecule has 0 bridgehead atoms. The molecule has 2 aromatic carbocycles. The summed E-state index contributed by atoms with van der Waals surface area (Å²) in [5, 5.41) is 5.60. The number of nitrogens with zero attached hydrogens (tertiary/aromatic N) is 1. The molecule has 0 saturated carbocycles. The van der Waals surface area contributed by atoms with Crippen molar-refractivity contribution >= 4 is 23.2 Å². The topological polar surface area (TPSA) is 61.4 Å². The number of nitrogens with one attached hydrogen (secondary N) is 2. The number of benzene rings is 2. The Balaban J connectivity index is 1.40. The number of carbonyl (C=O) groups excluding carboxylic acids is 2. The van der Waals surface area contributed by atoms with Gasteiger partial charge in [-0.05, 0) is 41.8 Å². The molecule has 1 unspecified atom stereocenters. The van der Waals surface area contributed by atoms with Crippen LogP contribution in [0.1, 0.15) is 23.5 Å². The van der Waals surface area contributed by atoms with Crippen molar-refractivity contribution in [2.45, 2.75) is 18.8 Å². The smallest absolute Gasteiger partial charge is 0.228 e. The van der Waals surface area contributed by atoms with Crippen molar-refractivity contribution in [1.82, 2.24) is 5.32 Å². The van der Waals surface area contributed by atoms with E-state index in [1.54, 1.807) is 0 Å². The lowest BCUT2D eigenvalue weighted by Gasteiger charge is -2.25. The van der Waals surface area contributed by atoms with E-state index in [9.17, 15) is 14.0 Å². The average molecular weight is 353 g/mol. The van der Waals surface area contributed by atoms with Crippen LogP contribution >= 0.6 is 0 Å². The van der Waals surface area contributed by atoms with E-state index in [4.69, 9.17) is 0 Å². The van der Waals surface area contributed by atoms with Crippen LogP contribution in [0.3, 0.4) is 0 Å². The minimum atomic E-state index is -0.652. The Morgan fingerprint density at radius 3 is 3.00 bits per heavy atom. The molecule has 134 valence electrons. The monoisotopic (exact) mass is 353 g/mol. The van der Waals surface area contributed by atoms with E-state index in [-0.39, 0.29) is 18.2 Å². The lowest BCUT2D eigenvalue weighted by molar-refractivity contribution is -0.126. The molecule has 4 rings (SSSR count). The van der Waals surface area contributed by atoms with E-state index in [0.717, 1.165) is 13.0 Å². The van der Waals surface area contributed by atoms with Gasteiger partial charge in [-0.3, -0.25) is 9.59 Å². The fourth-order valence-electron chi connectivity index (χ4n) is 3.74. The predicted octanol–water partition coefficient (Wildman–Crippen LogP) is 2.43. The largest absolute Gasteiger partial charge is 0.369 e. The second-order valence-electron chi connectivity index (χ2n) is 6.69. The van der Waals surface area contributed by atoms with Crippen LogP contribution < -0.4 is 15.5 Å². The van der Waals surface area contributed by atoms with E-state index in [1.165, 1.54) is 29.4 Å². The average Bonchev–Trinajstić information content (AvgIpc) is 3.04. The van der Waals surface area contributed by atoms with Crippen molar-refractivity contribution in [2.75, 3.05) is 29.9 Å². The van der Waals surface area contributed by atoms with E-state index in [1.807, 2.05) is 12.1 Å². The van der Waals surface area contributed by atoms with Crippen molar-refractivity contribution in [2.24, 2.45) is 0 Å². The summed E-state index contributed by atoms with van der Waals surface area (Å²) in [7, 11) is 0. The maximum Gasteiger partial charge on any atom is 0.228 e. The van der Waals surface area contributed by atoms with Gasteiger partial charge in [-0.15, -0.1) is 0 Å². The van der Waals surface area contributed by atoms with E-state index in [2.05, 4.69) is 27.7 Å². The SMILES string of the molecule is O=C1CC(C(=O)NCCN2CCc3ccccc32)c2cc(F)ccc2N1. The molecular formula is C20H20FN3O2. The molecule has 0 fully saturated rings. The normalized spacial score (nSPS) is 18.1. The predicted molar refractivity (Wildman–Crippen MR) is 97.8 cm³/mol. The van der Waals surface area contributed by atoms with Crippen LogP contribution in [0.5, 0.6) is 0 Å². The Morgan fingerprint density at radius 2 is 2.12 bits per heavy atom. The van der Waals surface area contributed by atoms with E-state index in [0.29, 0.717) is 24.3 Å².